The van der Waals surface area contributed by atoms with E-state index in [0.29, 0.717) is 37.2 Å². The Morgan fingerprint density at radius 3 is 2.49 bits per heavy atom. The molecule has 278 valence electrons. The highest BCUT2D eigenvalue weighted by Crippen LogP contribution is 2.60. The molecular weight excluding hydrogens is 680 g/mol. The molecule has 4 aliphatic carbocycles. The van der Waals surface area contributed by atoms with E-state index in [9.17, 15) is 40.2 Å². The minimum Gasteiger partial charge on any atom is -0.511 e. The highest BCUT2D eigenvalue weighted by atomic mass is 16.7. The summed E-state index contributed by atoms with van der Waals surface area (Å²) in [5.41, 5.74) is 4.36. The summed E-state index contributed by atoms with van der Waals surface area (Å²) in [5, 5.41) is 71.0. The van der Waals surface area contributed by atoms with E-state index >= 15 is 0 Å². The van der Waals surface area contributed by atoms with Crippen molar-refractivity contribution in [3.05, 3.63) is 124 Å². The monoisotopic (exact) mass is 724 g/mol. The quantitative estimate of drug-likeness (QED) is 0.185. The Kier molecular flexibility index (Phi) is 8.75. The van der Waals surface area contributed by atoms with Crippen LogP contribution < -0.4 is 15.8 Å². The van der Waals surface area contributed by atoms with Crippen molar-refractivity contribution >= 4 is 11.6 Å². The molecule has 2 aliphatic heterocycles. The van der Waals surface area contributed by atoms with Gasteiger partial charge in [0.25, 0.3) is 0 Å². The van der Waals surface area contributed by atoms with Gasteiger partial charge >= 0.3 is 0 Å². The molecule has 8 atom stereocenters. The first-order chi connectivity index (χ1) is 25.5. The lowest BCUT2D eigenvalue weighted by Crippen LogP contribution is -2.78. The molecule has 12 heteroatoms. The maximum atomic E-state index is 14.2. The zero-order valence-electron chi connectivity index (χ0n) is 29.0. The van der Waals surface area contributed by atoms with Gasteiger partial charge in [-0.1, -0.05) is 73.5 Å². The smallest absolute Gasteiger partial charge is 0.230 e. The molecule has 1 saturated heterocycles. The van der Waals surface area contributed by atoms with E-state index in [-0.39, 0.29) is 29.2 Å². The Morgan fingerprint density at radius 2 is 1.75 bits per heavy atom. The summed E-state index contributed by atoms with van der Waals surface area (Å²) in [4.78, 5) is 28.3. The van der Waals surface area contributed by atoms with Crippen molar-refractivity contribution in [1.82, 2.24) is 5.32 Å². The number of fused-ring (bicyclic) bond motifs is 4. The van der Waals surface area contributed by atoms with Crippen LogP contribution >= 0.6 is 0 Å². The van der Waals surface area contributed by atoms with Crippen molar-refractivity contribution in [2.75, 3.05) is 13.2 Å². The average molecular weight is 725 g/mol. The topological polar surface area (TPSA) is 212 Å². The van der Waals surface area contributed by atoms with Crippen LogP contribution in [0.3, 0.4) is 0 Å². The van der Waals surface area contributed by atoms with E-state index in [1.165, 1.54) is 30.4 Å². The van der Waals surface area contributed by atoms with Crippen LogP contribution in [0.15, 0.2) is 102 Å². The number of hydrogen-bond acceptors (Lipinski definition) is 12. The summed E-state index contributed by atoms with van der Waals surface area (Å²) >= 11 is 0. The van der Waals surface area contributed by atoms with Gasteiger partial charge in [0, 0.05) is 23.4 Å². The maximum Gasteiger partial charge on any atom is 0.230 e. The number of dihydropyridines is 1. The molecule has 1 saturated carbocycles. The zero-order valence-corrected chi connectivity index (χ0v) is 29.0. The molecule has 9 N–H and O–H groups in total. The first-order valence-corrected chi connectivity index (χ1v) is 18.1. The van der Waals surface area contributed by atoms with Crippen LogP contribution in [0.4, 0.5) is 0 Å². The van der Waals surface area contributed by atoms with Gasteiger partial charge in [0.15, 0.2) is 11.6 Å². The standard InChI is InChI=1S/C41H44N2O10/c42-31-19-25(10-14-43-31)39(11-1-2-12-39)30-9-13-40(21-45)38(50)41(30,51)36(49)37(53-40)52-29-8-4-7-26-33(29)35(48)32-27(34(26)47)17-24(18-28(32)46)16-22-5-3-6-23(15-22)20-44/h3-10,13,15,17-19,27,30,32,36-38,43-46,49-51H,1-2,11-12,14,16,20-21,42H2/t27-,30-,32-,36-,37+,38+,40+,41+/m0/s1. The lowest BCUT2D eigenvalue weighted by molar-refractivity contribution is -0.355. The molecule has 8 rings (SSSR count). The Labute approximate surface area is 306 Å². The molecule has 2 fully saturated rings. The van der Waals surface area contributed by atoms with Gasteiger partial charge in [-0.25, -0.2) is 0 Å². The number of ketones is 2. The highest BCUT2D eigenvalue weighted by molar-refractivity contribution is 6.19. The van der Waals surface area contributed by atoms with Gasteiger partial charge < -0.3 is 51.2 Å². The summed E-state index contributed by atoms with van der Waals surface area (Å²) in [7, 11) is 0. The van der Waals surface area contributed by atoms with E-state index < -0.39 is 71.0 Å². The number of allylic oxidation sites excluding steroid dienone is 6. The molecule has 12 nitrogen and oxygen atoms in total. The maximum absolute atomic E-state index is 14.2. The van der Waals surface area contributed by atoms with Crippen LogP contribution in [0, 0.1) is 23.2 Å². The van der Waals surface area contributed by atoms with E-state index in [2.05, 4.69) is 5.32 Å². The van der Waals surface area contributed by atoms with Gasteiger partial charge in [-0.15, -0.1) is 0 Å². The molecule has 0 aromatic heterocycles. The summed E-state index contributed by atoms with van der Waals surface area (Å²) < 4.78 is 12.4. The normalized spacial score (nSPS) is 34.2. The number of carbonyl (C=O) groups is 2. The van der Waals surface area contributed by atoms with Crippen molar-refractivity contribution in [3.8, 4) is 5.75 Å². The van der Waals surface area contributed by atoms with Crippen molar-refractivity contribution < 1.29 is 49.7 Å². The lowest BCUT2D eigenvalue weighted by atomic mass is 9.54. The molecule has 53 heavy (non-hydrogen) atoms. The van der Waals surface area contributed by atoms with Gasteiger partial charge in [-0.2, -0.15) is 0 Å². The number of hydrogen-bond donors (Lipinski definition) is 8. The Balaban J connectivity index is 1.13. The summed E-state index contributed by atoms with van der Waals surface area (Å²) in [5.74, 6) is -3.95. The Hall–Kier alpha value is -4.56. The number of ether oxygens (including phenoxy) is 2. The molecule has 0 amide bonds. The SMILES string of the molecule is NC1=CC(C2([C@@H]3C=C[C@]4(CO)O[C@@H](Oc5cccc6c5C(=O)[C@@H]5C(O)=CC(Cc7cccc(CO)c7)=C[C@@H]5C6=O)[C@H](O)[C@@]3(O)[C@@H]4O)CCCC2)=CCN1. The number of rotatable bonds is 8. The van der Waals surface area contributed by atoms with Crippen molar-refractivity contribution in [2.24, 2.45) is 28.9 Å². The second kappa shape index (κ2) is 13.1. The number of Topliss-reactive ketones (excluding diaryl/α,β-unsaturated/α-hetero) is 2. The molecular formula is C41H44N2O10. The summed E-state index contributed by atoms with van der Waals surface area (Å²) in [6.45, 7) is -0.411. The number of nitrogens with two attached hydrogens (primary N) is 1. The number of aliphatic hydroxyl groups excluding tert-OH is 5. The van der Waals surface area contributed by atoms with Crippen molar-refractivity contribution in [3.63, 3.8) is 0 Å². The molecule has 2 aromatic rings. The first-order valence-electron chi connectivity index (χ1n) is 18.1. The molecule has 2 heterocycles. The van der Waals surface area contributed by atoms with E-state index in [1.54, 1.807) is 18.2 Å². The van der Waals surface area contributed by atoms with Crippen LogP contribution in [0.1, 0.15) is 57.5 Å². The summed E-state index contributed by atoms with van der Waals surface area (Å²) in [6.07, 6.45) is 8.19. The minimum absolute atomic E-state index is 0.0624. The summed E-state index contributed by atoms with van der Waals surface area (Å²) in [6, 6.07) is 11.8. The fraction of sp³-hybridized carbons (Fsp3) is 0.415. The van der Waals surface area contributed by atoms with Gasteiger partial charge in [-0.3, -0.25) is 9.59 Å². The second-order valence-electron chi connectivity index (χ2n) is 15.2. The molecule has 0 spiro atoms. The zero-order chi connectivity index (χ0) is 37.3. The van der Waals surface area contributed by atoms with Crippen LogP contribution in [0.25, 0.3) is 0 Å². The first kappa shape index (κ1) is 35.5. The third-order valence-electron chi connectivity index (χ3n) is 12.2. The number of nitrogens with one attached hydrogen (secondary N) is 1. The predicted molar refractivity (Wildman–Crippen MR) is 191 cm³/mol. The van der Waals surface area contributed by atoms with Crippen molar-refractivity contribution in [2.45, 2.75) is 68.4 Å². The molecule has 2 aromatic carbocycles. The fourth-order valence-electron chi connectivity index (χ4n) is 9.69. The molecule has 0 radical (unpaired) electrons. The van der Waals surface area contributed by atoms with Gasteiger partial charge in [0.05, 0.1) is 36.4 Å². The van der Waals surface area contributed by atoms with E-state index in [0.717, 1.165) is 29.5 Å². The third-order valence-corrected chi connectivity index (χ3v) is 12.2. The average Bonchev–Trinajstić information content (AvgIpc) is 3.65. The van der Waals surface area contributed by atoms with Crippen LogP contribution in [0.2, 0.25) is 0 Å². The number of benzene rings is 2. The largest absolute Gasteiger partial charge is 0.511 e. The molecule has 6 aliphatic rings. The molecule has 2 bridgehead atoms. The lowest BCUT2D eigenvalue weighted by Gasteiger charge is -2.60. The molecule has 0 unspecified atom stereocenters. The predicted octanol–water partition coefficient (Wildman–Crippen LogP) is 2.41. The van der Waals surface area contributed by atoms with Crippen molar-refractivity contribution in [1.29, 1.82) is 0 Å². The van der Waals surface area contributed by atoms with E-state index in [1.807, 2.05) is 30.4 Å². The van der Waals surface area contributed by atoms with Gasteiger partial charge in [0.1, 0.15) is 34.9 Å². The van der Waals surface area contributed by atoms with Gasteiger partial charge in [-0.05, 0) is 59.8 Å². The fourth-order valence-corrected chi connectivity index (χ4v) is 9.69. The Morgan fingerprint density at radius 1 is 1.00 bits per heavy atom. The third kappa shape index (κ3) is 5.42. The second-order valence-corrected chi connectivity index (χ2v) is 15.2. The Bertz CT molecular complexity index is 2010. The number of carbonyl (C=O) groups excluding carboxylic acids is 2. The minimum atomic E-state index is -2.29. The van der Waals surface area contributed by atoms with Crippen LogP contribution in [-0.4, -0.2) is 85.1 Å². The van der Waals surface area contributed by atoms with Crippen LogP contribution in [-0.2, 0) is 17.8 Å². The number of aliphatic hydroxyl groups is 6. The van der Waals surface area contributed by atoms with Gasteiger partial charge in [0.2, 0.25) is 6.29 Å². The highest BCUT2D eigenvalue weighted by Gasteiger charge is 2.70. The van der Waals surface area contributed by atoms with E-state index in [4.69, 9.17) is 15.2 Å². The van der Waals surface area contributed by atoms with Crippen LogP contribution in [0.5, 0.6) is 5.75 Å².